The first-order valence-corrected chi connectivity index (χ1v) is 32.5. The molecule has 0 saturated heterocycles. The number of nitrogens with one attached hydrogen (secondary N) is 1. The Hall–Kier alpha value is -4.22. The molecule has 2 aromatic rings. The lowest BCUT2D eigenvalue weighted by Gasteiger charge is -2.23. The van der Waals surface area contributed by atoms with Gasteiger partial charge in [-0.1, -0.05) is 199 Å². The highest BCUT2D eigenvalue weighted by atomic mass is 32.2. The Balaban J connectivity index is -0.000000122. The quantitative estimate of drug-likeness (QED) is 0.247. The van der Waals surface area contributed by atoms with Gasteiger partial charge in [0, 0.05) is 81.7 Å². The van der Waals surface area contributed by atoms with E-state index in [1.165, 1.54) is 11.8 Å². The first kappa shape index (κ1) is 93.2. The maximum absolute atomic E-state index is 11.2. The number of carbonyl (C=O) groups is 6. The fourth-order valence-electron chi connectivity index (χ4n) is 2.59. The van der Waals surface area contributed by atoms with Gasteiger partial charge in [-0.2, -0.15) is 0 Å². The van der Waals surface area contributed by atoms with Crippen molar-refractivity contribution in [2.24, 2.45) is 27.1 Å². The van der Waals surface area contributed by atoms with E-state index in [4.69, 9.17) is 0 Å². The van der Waals surface area contributed by atoms with Crippen LogP contribution < -0.4 is 5.32 Å². The Bertz CT molecular complexity index is 2140. The third kappa shape index (κ3) is 60.2. The second kappa shape index (κ2) is 40.1. The third-order valence-electron chi connectivity index (χ3n) is 11.7. The van der Waals surface area contributed by atoms with Gasteiger partial charge in [-0.15, -0.1) is 0 Å². The van der Waals surface area contributed by atoms with Crippen molar-refractivity contribution in [2.75, 3.05) is 26.6 Å². The smallest absolute Gasteiger partial charge is 0.225 e. The summed E-state index contributed by atoms with van der Waals surface area (Å²) in [4.78, 5) is 71.1. The molecule has 1 amide bonds. The molecule has 0 unspecified atom stereocenters. The van der Waals surface area contributed by atoms with Crippen LogP contribution >= 0.6 is 7.14 Å². The number of sulfone groups is 1. The Morgan fingerprint density at radius 3 is 0.901 bits per heavy atom. The van der Waals surface area contributed by atoms with Gasteiger partial charge in [0.25, 0.3) is 0 Å². The van der Waals surface area contributed by atoms with Crippen molar-refractivity contribution in [2.45, 2.75) is 256 Å². The molecule has 0 saturated carbocycles. The monoisotopic (exact) mass is 1180 g/mol. The van der Waals surface area contributed by atoms with E-state index in [2.05, 4.69) is 81.6 Å². The zero-order valence-electron chi connectivity index (χ0n) is 59.1. The van der Waals surface area contributed by atoms with Crippen LogP contribution in [0, 0.1) is 27.1 Å². The fourth-order valence-corrected chi connectivity index (χ4v) is 2.59. The van der Waals surface area contributed by atoms with Crippen molar-refractivity contribution < 1.29 is 41.8 Å². The van der Waals surface area contributed by atoms with Crippen LogP contribution in [0.1, 0.15) is 246 Å². The fraction of sp³-hybridized carbons (Fsp3) is 0.701. The summed E-state index contributed by atoms with van der Waals surface area (Å²) in [6.45, 7) is 70.4. The predicted molar refractivity (Wildman–Crippen MR) is 353 cm³/mol. The van der Waals surface area contributed by atoms with Crippen molar-refractivity contribution in [1.82, 2.24) is 15.3 Å². The number of hydrogen-bond donors (Lipinski definition) is 1. The van der Waals surface area contributed by atoms with E-state index in [0.717, 1.165) is 11.3 Å². The molecule has 2 aromatic heterocycles. The van der Waals surface area contributed by atoms with Crippen molar-refractivity contribution in [3.8, 4) is 0 Å². The van der Waals surface area contributed by atoms with Crippen LogP contribution in [0.25, 0.3) is 0 Å². The van der Waals surface area contributed by atoms with Crippen LogP contribution in [0.3, 0.4) is 0 Å². The zero-order chi connectivity index (χ0) is 67.6. The number of allylic oxidation sites excluding steroid dienone is 3. The van der Waals surface area contributed by atoms with Gasteiger partial charge in [0.1, 0.15) is 23.1 Å². The molecule has 81 heavy (non-hydrogen) atoms. The van der Waals surface area contributed by atoms with Gasteiger partial charge in [0.15, 0.2) is 15.6 Å². The van der Waals surface area contributed by atoms with Crippen molar-refractivity contribution in [3.63, 3.8) is 0 Å². The maximum atomic E-state index is 11.2. The minimum absolute atomic E-state index is 0.00694. The molecule has 12 nitrogen and oxygen atoms in total. The number of ketones is 5. The molecule has 0 bridgehead atoms. The second-order valence-corrected chi connectivity index (χ2v) is 35.9. The molecule has 474 valence electrons. The molecule has 1 N–H and O–H groups in total. The predicted octanol–water partition coefficient (Wildman–Crippen LogP) is 17.4. The highest BCUT2D eigenvalue weighted by molar-refractivity contribution is 7.92. The molecule has 1 aliphatic rings. The number of amides is 1. The summed E-state index contributed by atoms with van der Waals surface area (Å²) in [5.41, 5.74) is 3.04. The minimum Gasteiger partial charge on any atom is -0.359 e. The number of Topliss-reactive ketones (excluding diaryl/α,β-unsaturated/α-hetero) is 4. The van der Waals surface area contributed by atoms with E-state index >= 15 is 0 Å². The van der Waals surface area contributed by atoms with Crippen LogP contribution in [0.4, 0.5) is 0 Å². The molecule has 2 heterocycles. The summed E-state index contributed by atoms with van der Waals surface area (Å²) >= 11 is 0. The van der Waals surface area contributed by atoms with Gasteiger partial charge in [0.2, 0.25) is 5.91 Å². The number of hydrogen-bond acceptors (Lipinski definition) is 11. The molecule has 0 aromatic carbocycles. The van der Waals surface area contributed by atoms with Gasteiger partial charge >= 0.3 is 0 Å². The van der Waals surface area contributed by atoms with E-state index in [9.17, 15) is 41.8 Å². The van der Waals surface area contributed by atoms with Gasteiger partial charge in [0.05, 0.1) is 11.9 Å². The van der Waals surface area contributed by atoms with E-state index in [1.807, 2.05) is 183 Å². The van der Waals surface area contributed by atoms with E-state index < -0.39 is 21.7 Å². The normalized spacial score (nSPS) is 12.4. The Kier molecular flexibility index (Phi) is 46.2. The summed E-state index contributed by atoms with van der Waals surface area (Å²) in [6.07, 6.45) is 10.6. The number of aromatic nitrogens is 2. The average Bonchev–Trinajstić information content (AvgIpc) is 3.64. The molecular formula is C67H126N3O9PS. The lowest BCUT2D eigenvalue weighted by molar-refractivity contribution is -0.128. The largest absolute Gasteiger partial charge is 0.359 e. The van der Waals surface area contributed by atoms with Gasteiger partial charge in [-0.3, -0.25) is 38.7 Å². The van der Waals surface area contributed by atoms with Crippen LogP contribution in [-0.4, -0.2) is 89.7 Å². The highest BCUT2D eigenvalue weighted by Gasteiger charge is 2.26. The molecule has 3 rings (SSSR count). The highest BCUT2D eigenvalue weighted by Crippen LogP contribution is 2.50. The molecule has 0 atom stereocenters. The lowest BCUT2D eigenvalue weighted by Crippen LogP contribution is -2.31. The van der Waals surface area contributed by atoms with Crippen molar-refractivity contribution in [3.05, 3.63) is 84.5 Å². The molecule has 0 spiro atoms. The van der Waals surface area contributed by atoms with Gasteiger partial charge in [-0.25, -0.2) is 8.42 Å². The molecule has 14 heteroatoms. The van der Waals surface area contributed by atoms with Crippen molar-refractivity contribution >= 4 is 51.8 Å². The molecule has 0 radical (unpaired) electrons. The standard InChI is InChI=1S/2C9H13N.C6H13NO.C6H15OP.C6H6O.4C6H12O.C5H12O2S.C2H6/c1-9(2,3)8-4-6-10-7-5-8;1-9(2,3)8-6-4-5-7-10-8;1-6(2,3)5(8)7-4;1-6(2,3)8(4,5)7;1-5-2-3-6(7)4-5;4*1-5(7)6(2,3)4;1-5(2,3)8(4,6)7;1-2/h2*4-7H,1-3H3;1-4H3,(H,7,8);1-5H3;2-3H,1,4H2;4*1-4H3;1-4H3;1-2H3. The summed E-state index contributed by atoms with van der Waals surface area (Å²) in [7, 11) is -3.04. The summed E-state index contributed by atoms with van der Waals surface area (Å²) in [5, 5.41) is 2.56. The van der Waals surface area contributed by atoms with Crippen LogP contribution in [0.2, 0.25) is 0 Å². The number of carbonyl (C=O) groups excluding carboxylic acids is 6. The minimum atomic E-state index is -2.84. The van der Waals surface area contributed by atoms with E-state index in [1.54, 1.807) is 67.7 Å². The van der Waals surface area contributed by atoms with Crippen molar-refractivity contribution in [1.29, 1.82) is 0 Å². The van der Waals surface area contributed by atoms with Gasteiger partial charge < -0.3 is 9.88 Å². The van der Waals surface area contributed by atoms with E-state index in [-0.39, 0.29) is 77.9 Å². The number of rotatable bonds is 0. The van der Waals surface area contributed by atoms with Crippen LogP contribution in [0.5, 0.6) is 0 Å². The average molecular weight is 1180 g/mol. The maximum Gasteiger partial charge on any atom is 0.225 e. The van der Waals surface area contributed by atoms with E-state index in [0.29, 0.717) is 6.42 Å². The molecule has 1 aliphatic carbocycles. The van der Waals surface area contributed by atoms with Crippen LogP contribution in [-0.2, 0) is 54.0 Å². The second-order valence-electron chi connectivity index (χ2n) is 29.0. The molecule has 0 aliphatic heterocycles. The molecule has 0 fully saturated rings. The first-order valence-electron chi connectivity index (χ1n) is 28.0. The Morgan fingerprint density at radius 2 is 0.815 bits per heavy atom. The summed E-state index contributed by atoms with van der Waals surface area (Å²) in [5.74, 6) is 1.22. The topological polar surface area (TPSA) is 191 Å². The third-order valence-corrected chi connectivity index (χ3v) is 17.2. The SMILES string of the molecule is C=C1C=CC(=O)C1.CC.CC(=O)C(C)(C)C.CC(=O)C(C)(C)C.CC(=O)C(C)(C)C.CC(=O)C(C)(C)C.CC(C)(C)P(C)(C)=O.CC(C)(C)S(C)(=O)=O.CC(C)(C)c1ccccn1.CC(C)(C)c1ccncc1.CNC(=O)C(C)(C)C. The van der Waals surface area contributed by atoms with Gasteiger partial charge in [-0.05, 0) is 109 Å². The van der Waals surface area contributed by atoms with Crippen LogP contribution in [0.15, 0.2) is 73.2 Å². The Morgan fingerprint density at radius 1 is 0.531 bits per heavy atom. The number of nitrogens with zero attached hydrogens (tertiary/aromatic N) is 2. The zero-order valence-corrected chi connectivity index (χ0v) is 60.8. The Labute approximate surface area is 500 Å². The molecular weight excluding hydrogens is 1050 g/mol. The summed E-state index contributed by atoms with van der Waals surface area (Å²) < 4.78 is 32.0. The summed E-state index contributed by atoms with van der Waals surface area (Å²) in [6, 6.07) is 10.1. The first-order chi connectivity index (χ1) is 35.3. The number of pyridine rings is 2. The lowest BCUT2D eigenvalue weighted by atomic mass is 9.88.